The van der Waals surface area contributed by atoms with E-state index in [1.165, 1.54) is 24.3 Å². The van der Waals surface area contributed by atoms with Crippen molar-refractivity contribution in [3.63, 3.8) is 0 Å². The maximum absolute atomic E-state index is 12.4. The van der Waals surface area contributed by atoms with Crippen LogP contribution in [-0.4, -0.2) is 23.9 Å². The molecular weight excluding hydrogens is 388 g/mol. The van der Waals surface area contributed by atoms with Crippen molar-refractivity contribution in [2.24, 2.45) is 0 Å². The zero-order valence-electron chi connectivity index (χ0n) is 15.8. The van der Waals surface area contributed by atoms with Gasteiger partial charge in [-0.05, 0) is 42.1 Å². The van der Waals surface area contributed by atoms with Gasteiger partial charge in [-0.2, -0.15) is 0 Å². The number of esters is 1. The van der Waals surface area contributed by atoms with Gasteiger partial charge in [0.25, 0.3) is 11.8 Å². The Kier molecular flexibility index (Phi) is 6.76. The standard InChI is InChI=1S/C22H20N2O4S/c1-15(20(25)23-14-16-7-3-2-4-8-16)28-22(27)17-9-5-10-18(13-17)24-21(26)19-11-6-12-29-19/h2-13,15H,14H2,1H3,(H,23,25)(H,24,26). The lowest BCUT2D eigenvalue weighted by atomic mass is 10.2. The number of amides is 2. The summed E-state index contributed by atoms with van der Waals surface area (Å²) in [5.41, 5.74) is 1.67. The largest absolute Gasteiger partial charge is 0.449 e. The molecule has 2 aromatic carbocycles. The minimum Gasteiger partial charge on any atom is -0.449 e. The second-order valence-electron chi connectivity index (χ2n) is 6.26. The SMILES string of the molecule is CC(OC(=O)c1cccc(NC(=O)c2cccs2)c1)C(=O)NCc1ccccc1. The highest BCUT2D eigenvalue weighted by molar-refractivity contribution is 7.12. The van der Waals surface area contributed by atoms with Crippen molar-refractivity contribution in [1.29, 1.82) is 0 Å². The van der Waals surface area contributed by atoms with Crippen LogP contribution in [0.15, 0.2) is 72.1 Å². The molecule has 2 N–H and O–H groups in total. The molecule has 7 heteroatoms. The molecule has 0 aliphatic heterocycles. The molecule has 0 radical (unpaired) electrons. The first-order valence-electron chi connectivity index (χ1n) is 9.00. The molecule has 0 aliphatic carbocycles. The van der Waals surface area contributed by atoms with E-state index in [4.69, 9.17) is 4.74 Å². The maximum atomic E-state index is 12.4. The molecule has 1 heterocycles. The first kappa shape index (κ1) is 20.3. The number of carbonyl (C=O) groups excluding carboxylic acids is 3. The Morgan fingerprint density at radius 3 is 2.52 bits per heavy atom. The summed E-state index contributed by atoms with van der Waals surface area (Å²) in [6.45, 7) is 1.87. The van der Waals surface area contributed by atoms with E-state index >= 15 is 0 Å². The molecule has 0 aliphatic rings. The van der Waals surface area contributed by atoms with E-state index in [9.17, 15) is 14.4 Å². The van der Waals surface area contributed by atoms with Crippen molar-refractivity contribution in [3.8, 4) is 0 Å². The van der Waals surface area contributed by atoms with E-state index in [1.54, 1.807) is 30.3 Å². The second kappa shape index (κ2) is 9.66. The van der Waals surface area contributed by atoms with E-state index in [2.05, 4.69) is 10.6 Å². The normalized spacial score (nSPS) is 11.3. The van der Waals surface area contributed by atoms with E-state index in [0.29, 0.717) is 17.1 Å². The molecule has 0 saturated carbocycles. The minimum atomic E-state index is -0.949. The fraction of sp³-hybridized carbons (Fsp3) is 0.136. The molecule has 29 heavy (non-hydrogen) atoms. The van der Waals surface area contributed by atoms with Gasteiger partial charge >= 0.3 is 5.97 Å². The summed E-state index contributed by atoms with van der Waals surface area (Å²) in [7, 11) is 0. The Morgan fingerprint density at radius 2 is 1.79 bits per heavy atom. The fourth-order valence-corrected chi connectivity index (χ4v) is 3.15. The number of anilines is 1. The van der Waals surface area contributed by atoms with Crippen molar-refractivity contribution in [3.05, 3.63) is 88.1 Å². The van der Waals surface area contributed by atoms with Crippen molar-refractivity contribution in [2.45, 2.75) is 19.6 Å². The van der Waals surface area contributed by atoms with Gasteiger partial charge < -0.3 is 15.4 Å². The smallest absolute Gasteiger partial charge is 0.338 e. The highest BCUT2D eigenvalue weighted by Crippen LogP contribution is 2.16. The van der Waals surface area contributed by atoms with Crippen LogP contribution in [0.1, 0.15) is 32.5 Å². The third-order valence-electron chi connectivity index (χ3n) is 4.06. The van der Waals surface area contributed by atoms with Gasteiger partial charge in [0.1, 0.15) is 0 Å². The molecule has 148 valence electrons. The monoisotopic (exact) mass is 408 g/mol. The molecular formula is C22H20N2O4S. The summed E-state index contributed by atoms with van der Waals surface area (Å²) in [6, 6.07) is 19.4. The number of thiophene rings is 1. The lowest BCUT2D eigenvalue weighted by Gasteiger charge is -2.14. The van der Waals surface area contributed by atoms with E-state index in [0.717, 1.165) is 5.56 Å². The van der Waals surface area contributed by atoms with Crippen LogP contribution in [0.3, 0.4) is 0 Å². The van der Waals surface area contributed by atoms with Crippen LogP contribution in [0.2, 0.25) is 0 Å². The number of benzene rings is 2. The van der Waals surface area contributed by atoms with Gasteiger partial charge in [0.05, 0.1) is 10.4 Å². The van der Waals surface area contributed by atoms with Gasteiger partial charge in [-0.1, -0.05) is 42.5 Å². The van der Waals surface area contributed by atoms with Crippen molar-refractivity contribution < 1.29 is 19.1 Å². The van der Waals surface area contributed by atoms with E-state index in [-0.39, 0.29) is 17.4 Å². The number of hydrogen-bond acceptors (Lipinski definition) is 5. The van der Waals surface area contributed by atoms with Gasteiger partial charge in [0.15, 0.2) is 6.10 Å². The van der Waals surface area contributed by atoms with Crippen LogP contribution in [0.25, 0.3) is 0 Å². The average Bonchev–Trinajstić information content (AvgIpc) is 3.28. The first-order valence-corrected chi connectivity index (χ1v) is 9.88. The summed E-state index contributed by atoms with van der Waals surface area (Å²) in [5, 5.41) is 7.29. The molecule has 3 rings (SSSR count). The highest BCUT2D eigenvalue weighted by atomic mass is 32.1. The van der Waals surface area contributed by atoms with Gasteiger partial charge in [-0.3, -0.25) is 9.59 Å². The molecule has 3 aromatic rings. The van der Waals surface area contributed by atoms with Crippen LogP contribution in [0, 0.1) is 0 Å². The third kappa shape index (κ3) is 5.76. The Labute approximate surface area is 172 Å². The van der Waals surface area contributed by atoms with Crippen molar-refractivity contribution in [1.82, 2.24) is 5.32 Å². The van der Waals surface area contributed by atoms with Crippen molar-refractivity contribution in [2.75, 3.05) is 5.32 Å². The summed E-state index contributed by atoms with van der Waals surface area (Å²) in [6.07, 6.45) is -0.949. The predicted octanol–water partition coefficient (Wildman–Crippen LogP) is 3.86. The average molecular weight is 408 g/mol. The lowest BCUT2D eigenvalue weighted by Crippen LogP contribution is -2.35. The topological polar surface area (TPSA) is 84.5 Å². The third-order valence-corrected chi connectivity index (χ3v) is 4.93. The fourth-order valence-electron chi connectivity index (χ4n) is 2.54. The zero-order chi connectivity index (χ0) is 20.6. The van der Waals surface area contributed by atoms with Crippen LogP contribution in [-0.2, 0) is 16.1 Å². The molecule has 0 saturated heterocycles. The summed E-state index contributed by atoms with van der Waals surface area (Å²) in [4.78, 5) is 37.3. The Balaban J connectivity index is 1.55. The predicted molar refractivity (Wildman–Crippen MR) is 112 cm³/mol. The molecule has 1 aromatic heterocycles. The Morgan fingerprint density at radius 1 is 1.00 bits per heavy atom. The Hall–Kier alpha value is -3.45. The number of nitrogens with one attached hydrogen (secondary N) is 2. The number of carbonyl (C=O) groups is 3. The van der Waals surface area contributed by atoms with E-state index in [1.807, 2.05) is 35.7 Å². The number of rotatable bonds is 7. The first-order chi connectivity index (χ1) is 14.0. The molecule has 0 fully saturated rings. The summed E-state index contributed by atoms with van der Waals surface area (Å²) < 4.78 is 5.26. The molecule has 6 nitrogen and oxygen atoms in total. The van der Waals surface area contributed by atoms with Gasteiger partial charge in [0.2, 0.25) is 0 Å². The van der Waals surface area contributed by atoms with E-state index < -0.39 is 12.1 Å². The number of ether oxygens (including phenoxy) is 1. The zero-order valence-corrected chi connectivity index (χ0v) is 16.6. The summed E-state index contributed by atoms with van der Waals surface area (Å²) in [5.74, 6) is -1.27. The second-order valence-corrected chi connectivity index (χ2v) is 7.21. The maximum Gasteiger partial charge on any atom is 0.338 e. The van der Waals surface area contributed by atoms with Gasteiger partial charge in [-0.15, -0.1) is 11.3 Å². The molecule has 0 bridgehead atoms. The van der Waals surface area contributed by atoms with Crippen LogP contribution >= 0.6 is 11.3 Å². The minimum absolute atomic E-state index is 0.247. The quantitative estimate of drug-likeness (QED) is 0.582. The van der Waals surface area contributed by atoms with Gasteiger partial charge in [0, 0.05) is 12.2 Å². The molecule has 1 atom stereocenters. The van der Waals surface area contributed by atoms with Crippen molar-refractivity contribution >= 4 is 34.8 Å². The molecule has 1 unspecified atom stereocenters. The lowest BCUT2D eigenvalue weighted by molar-refractivity contribution is -0.129. The van der Waals surface area contributed by atoms with Crippen LogP contribution in [0.4, 0.5) is 5.69 Å². The van der Waals surface area contributed by atoms with Crippen LogP contribution < -0.4 is 10.6 Å². The molecule has 0 spiro atoms. The van der Waals surface area contributed by atoms with Gasteiger partial charge in [-0.25, -0.2) is 4.79 Å². The van der Waals surface area contributed by atoms with Crippen LogP contribution in [0.5, 0.6) is 0 Å². The number of hydrogen-bond donors (Lipinski definition) is 2. The highest BCUT2D eigenvalue weighted by Gasteiger charge is 2.19. The molecule has 2 amide bonds. The Bertz CT molecular complexity index is 987. The summed E-state index contributed by atoms with van der Waals surface area (Å²) >= 11 is 1.33.